The number of aryl methyl sites for hydroxylation is 1. The van der Waals surface area contributed by atoms with Crippen LogP contribution in [0.15, 0.2) is 10.6 Å². The Hall–Kier alpha value is -2.14. The largest absolute Gasteiger partial charge is 0.460 e. The van der Waals surface area contributed by atoms with Gasteiger partial charge in [-0.05, 0) is 51.0 Å². The van der Waals surface area contributed by atoms with Gasteiger partial charge in [0, 0.05) is 37.4 Å². The van der Waals surface area contributed by atoms with Crippen LogP contribution in [-0.4, -0.2) is 59.2 Å². The molecule has 34 heavy (non-hydrogen) atoms. The summed E-state index contributed by atoms with van der Waals surface area (Å²) in [5.74, 6) is 1.80. The summed E-state index contributed by atoms with van der Waals surface area (Å²) in [6, 6.07) is 0.224. The predicted molar refractivity (Wildman–Crippen MR) is 121 cm³/mol. The minimum atomic E-state index is -4.35. The molecule has 0 radical (unpaired) electrons. The predicted octanol–water partition coefficient (Wildman–Crippen LogP) is 4.09. The molecular weight excluding hydrogens is 469 g/mol. The smallest absolute Gasteiger partial charge is 0.422 e. The molecule has 1 amide bonds. The maximum Gasteiger partial charge on any atom is 0.422 e. The molecule has 7 nitrogen and oxygen atoms in total. The molecule has 0 spiro atoms. The molecule has 11 heteroatoms. The Labute approximate surface area is 201 Å². The number of thiazole rings is 1. The number of amides is 1. The number of alkyl halides is 3. The number of hydrogen-bond acceptors (Lipinski definition) is 7. The van der Waals surface area contributed by atoms with E-state index in [-0.39, 0.29) is 23.6 Å². The molecule has 0 atom stereocenters. The summed E-state index contributed by atoms with van der Waals surface area (Å²) >= 11 is 1.24. The number of carbonyl (C=O) groups excluding carboxylic acids is 1. The van der Waals surface area contributed by atoms with Gasteiger partial charge in [0.05, 0.1) is 18.3 Å². The summed E-state index contributed by atoms with van der Waals surface area (Å²) < 4.78 is 47.3. The Morgan fingerprint density at radius 2 is 2.03 bits per heavy atom. The van der Waals surface area contributed by atoms with Crippen molar-refractivity contribution in [2.24, 2.45) is 5.92 Å². The molecule has 1 fully saturated rings. The van der Waals surface area contributed by atoms with E-state index < -0.39 is 12.8 Å². The Morgan fingerprint density at radius 1 is 1.26 bits per heavy atom. The summed E-state index contributed by atoms with van der Waals surface area (Å²) in [6.45, 7) is 3.23. The van der Waals surface area contributed by atoms with Gasteiger partial charge in [0.15, 0.2) is 12.5 Å². The monoisotopic (exact) mass is 500 g/mol. The summed E-state index contributed by atoms with van der Waals surface area (Å²) in [5, 5.41) is 3.25. The third-order valence-corrected chi connectivity index (χ3v) is 7.58. The number of ether oxygens (including phenoxy) is 1. The third kappa shape index (κ3) is 7.43. The number of nitrogens with zero attached hydrogens (tertiary/aromatic N) is 3. The average molecular weight is 501 g/mol. The van der Waals surface area contributed by atoms with Gasteiger partial charge in [-0.1, -0.05) is 11.3 Å². The van der Waals surface area contributed by atoms with E-state index in [0.29, 0.717) is 17.6 Å². The van der Waals surface area contributed by atoms with Crippen molar-refractivity contribution in [2.75, 3.05) is 26.2 Å². The van der Waals surface area contributed by atoms with Gasteiger partial charge < -0.3 is 19.4 Å². The lowest BCUT2D eigenvalue weighted by Crippen LogP contribution is -2.39. The zero-order valence-corrected chi connectivity index (χ0v) is 20.1. The zero-order chi connectivity index (χ0) is 24.1. The normalized spacial score (nSPS) is 21.6. The van der Waals surface area contributed by atoms with Crippen molar-refractivity contribution in [3.05, 3.63) is 28.4 Å². The number of halogens is 3. The van der Waals surface area contributed by atoms with Crippen LogP contribution in [0.5, 0.6) is 5.19 Å². The summed E-state index contributed by atoms with van der Waals surface area (Å²) in [7, 11) is 0. The fraction of sp³-hybridized carbons (Fsp3) is 0.696. The molecule has 2 aliphatic rings. The first-order valence-corrected chi connectivity index (χ1v) is 12.7. The number of hydrogen-bond donors (Lipinski definition) is 1. The van der Waals surface area contributed by atoms with Crippen molar-refractivity contribution < 1.29 is 27.1 Å². The van der Waals surface area contributed by atoms with Crippen LogP contribution in [0.4, 0.5) is 13.2 Å². The van der Waals surface area contributed by atoms with Gasteiger partial charge in [-0.25, -0.2) is 9.97 Å². The number of carbonyl (C=O) groups is 1. The Kier molecular flexibility index (Phi) is 8.13. The molecule has 188 valence electrons. The van der Waals surface area contributed by atoms with Gasteiger partial charge in [0.2, 0.25) is 5.91 Å². The lowest BCUT2D eigenvalue weighted by molar-refractivity contribution is -0.153. The van der Waals surface area contributed by atoms with E-state index in [4.69, 9.17) is 9.15 Å². The molecule has 0 aromatic carbocycles. The van der Waals surface area contributed by atoms with Crippen LogP contribution in [0.25, 0.3) is 0 Å². The number of oxazole rings is 1. The lowest BCUT2D eigenvalue weighted by atomic mass is 9.84. The summed E-state index contributed by atoms with van der Waals surface area (Å²) in [4.78, 5) is 24.0. The Morgan fingerprint density at radius 3 is 2.74 bits per heavy atom. The molecule has 0 saturated heterocycles. The second-order valence-electron chi connectivity index (χ2n) is 9.19. The highest BCUT2D eigenvalue weighted by atomic mass is 32.1. The second kappa shape index (κ2) is 11.1. The van der Waals surface area contributed by atoms with Crippen molar-refractivity contribution in [3.63, 3.8) is 0 Å². The van der Waals surface area contributed by atoms with Crippen LogP contribution in [-0.2, 0) is 24.1 Å². The SMILES string of the molecule is Cc1ncc(CC(=O)N[C@H]2CC[C@H](CCN3CCc4nc(OCC(F)(F)F)sc4CC3)CC2)o1. The topological polar surface area (TPSA) is 80.5 Å². The van der Waals surface area contributed by atoms with Gasteiger partial charge >= 0.3 is 6.18 Å². The minimum absolute atomic E-state index is 0.0165. The van der Waals surface area contributed by atoms with Crippen LogP contribution >= 0.6 is 11.3 Å². The molecular formula is C23H31F3N4O3S. The highest BCUT2D eigenvalue weighted by Crippen LogP contribution is 2.31. The van der Waals surface area contributed by atoms with Gasteiger partial charge in [-0.2, -0.15) is 13.2 Å². The van der Waals surface area contributed by atoms with Crippen LogP contribution < -0.4 is 10.1 Å². The molecule has 4 rings (SSSR count). The Balaban J connectivity index is 1.13. The number of aromatic nitrogens is 2. The van der Waals surface area contributed by atoms with Gasteiger partial charge in [-0.15, -0.1) is 0 Å². The van der Waals surface area contributed by atoms with E-state index in [0.717, 1.165) is 75.2 Å². The van der Waals surface area contributed by atoms with Crippen LogP contribution in [0.1, 0.15) is 54.3 Å². The first kappa shape index (κ1) is 25.0. The van der Waals surface area contributed by atoms with E-state index in [1.165, 1.54) is 11.3 Å². The van der Waals surface area contributed by atoms with Gasteiger partial charge in [-0.3, -0.25) is 4.79 Å². The van der Waals surface area contributed by atoms with E-state index in [9.17, 15) is 18.0 Å². The average Bonchev–Trinajstić information content (AvgIpc) is 3.32. The molecule has 1 saturated carbocycles. The first-order chi connectivity index (χ1) is 16.2. The molecule has 1 aliphatic heterocycles. The van der Waals surface area contributed by atoms with Crippen molar-refractivity contribution >= 4 is 17.2 Å². The van der Waals surface area contributed by atoms with Crippen molar-refractivity contribution in [1.82, 2.24) is 20.2 Å². The van der Waals surface area contributed by atoms with E-state index in [2.05, 4.69) is 20.2 Å². The standard InChI is InChI=1S/C23H31F3N4O3S/c1-15-27-13-18(33-15)12-21(31)28-17-4-2-16(3-5-17)6-9-30-10-7-19-20(8-11-30)34-22(29-19)32-14-23(24,25)26/h13,16-17H,2-12,14H2,1H3,(H,28,31)/t16-,17-. The summed E-state index contributed by atoms with van der Waals surface area (Å²) in [5.41, 5.74) is 0.876. The van der Waals surface area contributed by atoms with Crippen molar-refractivity contribution in [2.45, 2.75) is 70.5 Å². The fourth-order valence-corrected chi connectivity index (χ4v) is 5.64. The number of rotatable bonds is 8. The maximum absolute atomic E-state index is 12.4. The van der Waals surface area contributed by atoms with E-state index in [1.54, 1.807) is 13.1 Å². The van der Waals surface area contributed by atoms with Crippen LogP contribution in [0.2, 0.25) is 0 Å². The third-order valence-electron chi connectivity index (χ3n) is 6.51. The molecule has 1 aliphatic carbocycles. The molecule has 0 unspecified atom stereocenters. The fourth-order valence-electron chi connectivity index (χ4n) is 4.70. The van der Waals surface area contributed by atoms with E-state index in [1.807, 2.05) is 0 Å². The first-order valence-electron chi connectivity index (χ1n) is 11.8. The quantitative estimate of drug-likeness (QED) is 0.588. The molecule has 3 heterocycles. The number of fused-ring (bicyclic) bond motifs is 1. The maximum atomic E-state index is 12.4. The number of nitrogens with one attached hydrogen (secondary N) is 1. The minimum Gasteiger partial charge on any atom is -0.460 e. The second-order valence-corrected chi connectivity index (χ2v) is 10.2. The Bertz CT molecular complexity index is 928. The highest BCUT2D eigenvalue weighted by molar-refractivity contribution is 7.13. The van der Waals surface area contributed by atoms with Gasteiger partial charge in [0.1, 0.15) is 5.76 Å². The van der Waals surface area contributed by atoms with Gasteiger partial charge in [0.25, 0.3) is 5.19 Å². The molecule has 0 bridgehead atoms. The van der Waals surface area contributed by atoms with E-state index >= 15 is 0 Å². The summed E-state index contributed by atoms with van der Waals surface area (Å²) in [6.07, 6.45) is 4.35. The zero-order valence-electron chi connectivity index (χ0n) is 19.3. The van der Waals surface area contributed by atoms with Crippen molar-refractivity contribution in [1.29, 1.82) is 0 Å². The van der Waals surface area contributed by atoms with Crippen LogP contribution in [0, 0.1) is 12.8 Å². The molecule has 1 N–H and O–H groups in total. The molecule has 2 aromatic heterocycles. The molecule has 2 aromatic rings. The van der Waals surface area contributed by atoms with Crippen molar-refractivity contribution in [3.8, 4) is 5.19 Å². The van der Waals surface area contributed by atoms with Crippen LogP contribution in [0.3, 0.4) is 0 Å². The lowest BCUT2D eigenvalue weighted by Gasteiger charge is -2.30. The highest BCUT2D eigenvalue weighted by Gasteiger charge is 2.30.